The Hall–Kier alpha value is 0. The Balaban J connectivity index is -0.000000149. The van der Waals surface area contributed by atoms with Crippen molar-refractivity contribution in [1.82, 2.24) is 0 Å². The van der Waals surface area contributed by atoms with Crippen molar-refractivity contribution in [2.45, 2.75) is 106 Å². The standard InChI is InChI=1S/C6H12.C4H8.3C2H6/c1-2-4-6-5-3-1;1-2-4-3-1;3*1-2/h1-6H2;1-4H2;3*1-2H3. The fourth-order valence-corrected chi connectivity index (χ4v) is 1.31. The maximum absolute atomic E-state index is 2.00. The average Bonchev–Trinajstić information content (AvgIpc) is 2.37. The predicted molar refractivity (Wildman–Crippen MR) is 80.2 cm³/mol. The molecule has 16 heavy (non-hydrogen) atoms. The van der Waals surface area contributed by atoms with Gasteiger partial charge in [-0.25, -0.2) is 0 Å². The summed E-state index contributed by atoms with van der Waals surface area (Å²) in [7, 11) is 0. The molecule has 0 aromatic rings. The second-order valence-corrected chi connectivity index (χ2v) is 3.54. The zero-order valence-corrected chi connectivity index (χ0v) is 13.1. The summed E-state index contributed by atoms with van der Waals surface area (Å²) in [5.74, 6) is 0. The van der Waals surface area contributed by atoms with Crippen LogP contribution in [-0.4, -0.2) is 0 Å². The van der Waals surface area contributed by atoms with Crippen molar-refractivity contribution in [3.8, 4) is 0 Å². The first-order valence-corrected chi connectivity index (χ1v) is 8.00. The summed E-state index contributed by atoms with van der Waals surface area (Å²) >= 11 is 0. The molecule has 2 aliphatic carbocycles. The smallest absolute Gasteiger partial charge is 0.0533 e. The molecule has 0 radical (unpaired) electrons. The van der Waals surface area contributed by atoms with E-state index in [-0.39, 0.29) is 0 Å². The minimum absolute atomic E-state index is 1.50. The van der Waals surface area contributed by atoms with Crippen molar-refractivity contribution in [3.63, 3.8) is 0 Å². The molecule has 0 atom stereocenters. The van der Waals surface area contributed by atoms with Crippen LogP contribution >= 0.6 is 0 Å². The zero-order chi connectivity index (χ0) is 13.1. The molecular weight excluding hydrogens is 192 g/mol. The van der Waals surface area contributed by atoms with Crippen molar-refractivity contribution in [2.24, 2.45) is 0 Å². The first-order chi connectivity index (χ1) is 8.00. The first-order valence-electron chi connectivity index (χ1n) is 8.00. The van der Waals surface area contributed by atoms with Gasteiger partial charge in [-0.1, -0.05) is 106 Å². The van der Waals surface area contributed by atoms with Crippen LogP contribution in [0.5, 0.6) is 0 Å². The van der Waals surface area contributed by atoms with E-state index in [4.69, 9.17) is 0 Å². The molecule has 102 valence electrons. The van der Waals surface area contributed by atoms with Crippen molar-refractivity contribution in [1.29, 1.82) is 0 Å². The van der Waals surface area contributed by atoms with Crippen molar-refractivity contribution >= 4 is 0 Å². The molecule has 0 unspecified atom stereocenters. The Labute approximate surface area is 106 Å². The van der Waals surface area contributed by atoms with E-state index in [1.807, 2.05) is 41.5 Å². The van der Waals surface area contributed by atoms with Gasteiger partial charge in [-0.15, -0.1) is 0 Å². The van der Waals surface area contributed by atoms with E-state index in [1.165, 1.54) is 64.2 Å². The SMILES string of the molecule is C1CCC1.C1CCCCC1.CC.CC.CC. The summed E-state index contributed by atoms with van der Waals surface area (Å²) < 4.78 is 0. The van der Waals surface area contributed by atoms with Crippen LogP contribution in [0.25, 0.3) is 0 Å². The van der Waals surface area contributed by atoms with Crippen LogP contribution in [0.15, 0.2) is 0 Å². The molecule has 0 aromatic heterocycles. The predicted octanol–water partition coefficient (Wildman–Crippen LogP) is 6.98. The second-order valence-electron chi connectivity index (χ2n) is 3.54. The molecule has 0 spiro atoms. The fourth-order valence-electron chi connectivity index (χ4n) is 1.31. The second kappa shape index (κ2) is 29.4. The maximum atomic E-state index is 2.00. The average molecular weight is 230 g/mol. The van der Waals surface area contributed by atoms with Crippen LogP contribution in [0.4, 0.5) is 0 Å². The Kier molecular flexibility index (Phi) is 39.1. The third-order valence-electron chi connectivity index (χ3n) is 2.50. The third kappa shape index (κ3) is 23.7. The van der Waals surface area contributed by atoms with Crippen LogP contribution in [0.1, 0.15) is 106 Å². The van der Waals surface area contributed by atoms with E-state index in [2.05, 4.69) is 0 Å². The monoisotopic (exact) mass is 230 g/mol. The molecule has 0 aliphatic heterocycles. The summed E-state index contributed by atoms with van der Waals surface area (Å²) in [6.07, 6.45) is 15.0. The van der Waals surface area contributed by atoms with E-state index in [1.54, 1.807) is 0 Å². The molecule has 0 nitrogen and oxygen atoms in total. The molecule has 0 bridgehead atoms. The molecule has 2 saturated carbocycles. The quantitative estimate of drug-likeness (QED) is 0.421. The van der Waals surface area contributed by atoms with E-state index < -0.39 is 0 Å². The van der Waals surface area contributed by atoms with Gasteiger partial charge in [0.25, 0.3) is 0 Å². The highest BCUT2D eigenvalue weighted by Crippen LogP contribution is 2.15. The summed E-state index contributed by atoms with van der Waals surface area (Å²) in [5.41, 5.74) is 0. The normalized spacial score (nSPS) is 16.1. The van der Waals surface area contributed by atoms with Gasteiger partial charge in [0.2, 0.25) is 0 Å². The zero-order valence-electron chi connectivity index (χ0n) is 13.1. The van der Waals surface area contributed by atoms with E-state index in [9.17, 15) is 0 Å². The van der Waals surface area contributed by atoms with Gasteiger partial charge < -0.3 is 0 Å². The topological polar surface area (TPSA) is 0 Å². The summed E-state index contributed by atoms with van der Waals surface area (Å²) in [6, 6.07) is 0. The lowest BCUT2D eigenvalue weighted by atomic mass is 10.0. The van der Waals surface area contributed by atoms with Crippen LogP contribution in [0.3, 0.4) is 0 Å². The molecule has 2 rings (SSSR count). The van der Waals surface area contributed by atoms with Crippen LogP contribution in [0.2, 0.25) is 0 Å². The van der Waals surface area contributed by atoms with Crippen molar-refractivity contribution < 1.29 is 0 Å². The Bertz CT molecular complexity index is 42.9. The largest absolute Gasteiger partial charge is 0.0683 e. The molecule has 2 aliphatic rings. The van der Waals surface area contributed by atoms with Crippen LogP contribution in [0, 0.1) is 0 Å². The maximum Gasteiger partial charge on any atom is -0.0533 e. The molecule has 0 heterocycles. The van der Waals surface area contributed by atoms with Gasteiger partial charge in [0.15, 0.2) is 0 Å². The Morgan fingerprint density at radius 3 is 0.375 bits per heavy atom. The summed E-state index contributed by atoms with van der Waals surface area (Å²) in [4.78, 5) is 0. The molecular formula is C16H38. The molecule has 0 saturated heterocycles. The van der Waals surface area contributed by atoms with Gasteiger partial charge in [-0.2, -0.15) is 0 Å². The Morgan fingerprint density at radius 1 is 0.250 bits per heavy atom. The van der Waals surface area contributed by atoms with Gasteiger partial charge in [-0.05, 0) is 0 Å². The highest BCUT2D eigenvalue weighted by Gasteiger charge is 1.95. The minimum Gasteiger partial charge on any atom is -0.0683 e. The van der Waals surface area contributed by atoms with E-state index >= 15 is 0 Å². The fraction of sp³-hybridized carbons (Fsp3) is 1.00. The number of rotatable bonds is 0. The Morgan fingerprint density at radius 2 is 0.312 bits per heavy atom. The lowest BCUT2D eigenvalue weighted by molar-refractivity contribution is 0.504. The van der Waals surface area contributed by atoms with Gasteiger partial charge in [0.1, 0.15) is 0 Å². The van der Waals surface area contributed by atoms with Crippen molar-refractivity contribution in [2.75, 3.05) is 0 Å². The van der Waals surface area contributed by atoms with Crippen LogP contribution in [-0.2, 0) is 0 Å². The van der Waals surface area contributed by atoms with Crippen molar-refractivity contribution in [3.05, 3.63) is 0 Å². The van der Waals surface area contributed by atoms with Gasteiger partial charge >= 0.3 is 0 Å². The number of hydrogen-bond donors (Lipinski definition) is 0. The third-order valence-corrected chi connectivity index (χ3v) is 2.50. The van der Waals surface area contributed by atoms with Gasteiger partial charge in [0, 0.05) is 0 Å². The molecule has 0 aromatic carbocycles. The highest BCUT2D eigenvalue weighted by atomic mass is 14.0. The molecule has 0 N–H and O–H groups in total. The van der Waals surface area contributed by atoms with E-state index in [0.29, 0.717) is 0 Å². The van der Waals surface area contributed by atoms with Gasteiger partial charge in [-0.3, -0.25) is 0 Å². The molecule has 0 heteroatoms. The van der Waals surface area contributed by atoms with Crippen LogP contribution < -0.4 is 0 Å². The molecule has 0 amide bonds. The molecule has 2 fully saturated rings. The summed E-state index contributed by atoms with van der Waals surface area (Å²) in [6.45, 7) is 12.0. The first kappa shape index (κ1) is 21.3. The highest BCUT2D eigenvalue weighted by molar-refractivity contribution is 4.51. The summed E-state index contributed by atoms with van der Waals surface area (Å²) in [5, 5.41) is 0. The van der Waals surface area contributed by atoms with E-state index in [0.717, 1.165) is 0 Å². The lowest BCUT2D eigenvalue weighted by Crippen LogP contribution is -1.85. The lowest BCUT2D eigenvalue weighted by Gasteiger charge is -2.05. The minimum atomic E-state index is 1.50. The van der Waals surface area contributed by atoms with Gasteiger partial charge in [0.05, 0.1) is 0 Å². The number of hydrogen-bond acceptors (Lipinski definition) is 0.